The number of hydrogen-bond acceptors (Lipinski definition) is 3. The van der Waals surface area contributed by atoms with Crippen LogP contribution >= 0.6 is 0 Å². The van der Waals surface area contributed by atoms with Crippen LogP contribution in [0.15, 0.2) is 24.3 Å². The first-order chi connectivity index (χ1) is 8.35. The van der Waals surface area contributed by atoms with Gasteiger partial charge in [0.05, 0.1) is 6.61 Å². The SMILES string of the molecule is CCNCC(COC)N1Cc2ccccc2C1. The predicted molar refractivity (Wildman–Crippen MR) is 69.9 cm³/mol. The molecule has 94 valence electrons. The molecule has 17 heavy (non-hydrogen) atoms. The molecule has 0 aromatic heterocycles. The molecule has 3 nitrogen and oxygen atoms in total. The standard InChI is InChI=1S/C14H22N2O/c1-3-15-8-14(11-17-2)16-9-12-6-4-5-7-13(12)10-16/h4-7,14-15H,3,8-11H2,1-2H3. The van der Waals surface area contributed by atoms with Crippen LogP contribution in [0.1, 0.15) is 18.1 Å². The van der Waals surface area contributed by atoms with E-state index in [1.807, 2.05) is 0 Å². The van der Waals surface area contributed by atoms with Gasteiger partial charge in [-0.05, 0) is 17.7 Å². The van der Waals surface area contributed by atoms with E-state index in [1.165, 1.54) is 11.1 Å². The monoisotopic (exact) mass is 234 g/mol. The van der Waals surface area contributed by atoms with Gasteiger partial charge in [-0.15, -0.1) is 0 Å². The normalized spacial score (nSPS) is 17.1. The van der Waals surface area contributed by atoms with E-state index >= 15 is 0 Å². The van der Waals surface area contributed by atoms with Crippen LogP contribution in [0.25, 0.3) is 0 Å². The second-order valence-electron chi connectivity index (χ2n) is 4.59. The van der Waals surface area contributed by atoms with Gasteiger partial charge >= 0.3 is 0 Å². The zero-order chi connectivity index (χ0) is 12.1. The van der Waals surface area contributed by atoms with Crippen LogP contribution in [0.5, 0.6) is 0 Å². The van der Waals surface area contributed by atoms with E-state index in [1.54, 1.807) is 7.11 Å². The molecule has 0 aliphatic carbocycles. The highest BCUT2D eigenvalue weighted by Crippen LogP contribution is 2.24. The fourth-order valence-corrected chi connectivity index (χ4v) is 2.41. The molecule has 3 heteroatoms. The summed E-state index contributed by atoms with van der Waals surface area (Å²) < 4.78 is 5.33. The van der Waals surface area contributed by atoms with Crippen molar-refractivity contribution >= 4 is 0 Å². The summed E-state index contributed by atoms with van der Waals surface area (Å²) in [6.07, 6.45) is 0. The lowest BCUT2D eigenvalue weighted by Crippen LogP contribution is -2.42. The van der Waals surface area contributed by atoms with E-state index in [9.17, 15) is 0 Å². The average Bonchev–Trinajstić information content (AvgIpc) is 2.78. The number of likely N-dealkylation sites (N-methyl/N-ethyl adjacent to an activating group) is 1. The first kappa shape index (κ1) is 12.6. The van der Waals surface area contributed by atoms with Crippen molar-refractivity contribution < 1.29 is 4.74 Å². The molecule has 1 aromatic rings. The van der Waals surface area contributed by atoms with Crippen molar-refractivity contribution in [3.63, 3.8) is 0 Å². The van der Waals surface area contributed by atoms with E-state index in [0.29, 0.717) is 6.04 Å². The second kappa shape index (κ2) is 6.15. The van der Waals surface area contributed by atoms with Crippen molar-refractivity contribution in [1.29, 1.82) is 0 Å². The molecule has 1 aliphatic rings. The number of ether oxygens (including phenoxy) is 1. The van der Waals surface area contributed by atoms with E-state index in [2.05, 4.69) is 41.4 Å². The van der Waals surface area contributed by atoms with Crippen molar-refractivity contribution in [2.24, 2.45) is 0 Å². The largest absolute Gasteiger partial charge is 0.383 e. The highest BCUT2D eigenvalue weighted by atomic mass is 16.5. The van der Waals surface area contributed by atoms with Crippen molar-refractivity contribution in [2.45, 2.75) is 26.1 Å². The van der Waals surface area contributed by atoms with Gasteiger partial charge in [-0.1, -0.05) is 31.2 Å². The molecule has 1 aliphatic heterocycles. The molecule has 0 spiro atoms. The summed E-state index contributed by atoms with van der Waals surface area (Å²) in [4.78, 5) is 2.50. The summed E-state index contributed by atoms with van der Waals surface area (Å²) in [5.74, 6) is 0. The maximum absolute atomic E-state index is 5.33. The molecule has 0 radical (unpaired) electrons. The smallest absolute Gasteiger partial charge is 0.0630 e. The van der Waals surface area contributed by atoms with Gasteiger partial charge in [0.2, 0.25) is 0 Å². The zero-order valence-corrected chi connectivity index (χ0v) is 10.8. The summed E-state index contributed by atoms with van der Waals surface area (Å²) in [5, 5.41) is 3.42. The average molecular weight is 234 g/mol. The van der Waals surface area contributed by atoms with Gasteiger partial charge in [0, 0.05) is 32.8 Å². The molecule has 1 aromatic carbocycles. The Morgan fingerprint density at radius 1 is 1.29 bits per heavy atom. The van der Waals surface area contributed by atoms with Crippen molar-refractivity contribution in [2.75, 3.05) is 26.8 Å². The van der Waals surface area contributed by atoms with Crippen LogP contribution in [0.2, 0.25) is 0 Å². The van der Waals surface area contributed by atoms with E-state index in [0.717, 1.165) is 32.8 Å². The Morgan fingerprint density at radius 2 is 1.94 bits per heavy atom. The van der Waals surface area contributed by atoms with E-state index in [4.69, 9.17) is 4.74 Å². The molecular weight excluding hydrogens is 212 g/mol. The first-order valence-electron chi connectivity index (χ1n) is 6.35. The molecule has 0 bridgehead atoms. The lowest BCUT2D eigenvalue weighted by molar-refractivity contribution is 0.0879. The Kier molecular flexibility index (Phi) is 4.54. The Morgan fingerprint density at radius 3 is 2.47 bits per heavy atom. The van der Waals surface area contributed by atoms with Gasteiger partial charge < -0.3 is 10.1 Å². The third-order valence-electron chi connectivity index (χ3n) is 3.37. The van der Waals surface area contributed by atoms with Gasteiger partial charge in [0.15, 0.2) is 0 Å². The van der Waals surface area contributed by atoms with Gasteiger partial charge in [0.1, 0.15) is 0 Å². The Bertz CT molecular complexity index is 329. The summed E-state index contributed by atoms with van der Waals surface area (Å²) in [5.41, 5.74) is 2.93. The summed E-state index contributed by atoms with van der Waals surface area (Å²) in [7, 11) is 1.78. The molecule has 2 rings (SSSR count). The van der Waals surface area contributed by atoms with Crippen LogP contribution in [-0.2, 0) is 17.8 Å². The highest BCUT2D eigenvalue weighted by molar-refractivity contribution is 5.30. The Balaban J connectivity index is 1.98. The maximum Gasteiger partial charge on any atom is 0.0630 e. The summed E-state index contributed by atoms with van der Waals surface area (Å²) in [6, 6.07) is 9.17. The number of fused-ring (bicyclic) bond motifs is 1. The third-order valence-corrected chi connectivity index (χ3v) is 3.37. The van der Waals surface area contributed by atoms with Crippen LogP contribution in [-0.4, -0.2) is 37.7 Å². The molecule has 0 fully saturated rings. The number of nitrogens with zero attached hydrogens (tertiary/aromatic N) is 1. The summed E-state index contributed by atoms with van der Waals surface area (Å²) >= 11 is 0. The molecular formula is C14H22N2O. The molecule has 1 unspecified atom stereocenters. The summed E-state index contributed by atoms with van der Waals surface area (Å²) in [6.45, 7) is 7.05. The fourth-order valence-electron chi connectivity index (χ4n) is 2.41. The highest BCUT2D eigenvalue weighted by Gasteiger charge is 2.24. The topological polar surface area (TPSA) is 24.5 Å². The number of rotatable bonds is 6. The number of benzene rings is 1. The minimum Gasteiger partial charge on any atom is -0.383 e. The minimum absolute atomic E-state index is 0.465. The van der Waals surface area contributed by atoms with E-state index < -0.39 is 0 Å². The zero-order valence-electron chi connectivity index (χ0n) is 10.8. The minimum atomic E-state index is 0.465. The first-order valence-corrected chi connectivity index (χ1v) is 6.35. The molecule has 0 amide bonds. The van der Waals surface area contributed by atoms with Crippen molar-refractivity contribution in [3.05, 3.63) is 35.4 Å². The molecule has 1 atom stereocenters. The van der Waals surface area contributed by atoms with Crippen LogP contribution in [0.4, 0.5) is 0 Å². The third kappa shape index (κ3) is 3.06. The van der Waals surface area contributed by atoms with Crippen molar-refractivity contribution in [3.8, 4) is 0 Å². The van der Waals surface area contributed by atoms with Gasteiger partial charge in [0.25, 0.3) is 0 Å². The van der Waals surface area contributed by atoms with Gasteiger partial charge in [-0.3, -0.25) is 4.90 Å². The van der Waals surface area contributed by atoms with Gasteiger partial charge in [-0.2, -0.15) is 0 Å². The lowest BCUT2D eigenvalue weighted by Gasteiger charge is -2.27. The molecule has 1 N–H and O–H groups in total. The van der Waals surface area contributed by atoms with Gasteiger partial charge in [-0.25, -0.2) is 0 Å². The van der Waals surface area contributed by atoms with E-state index in [-0.39, 0.29) is 0 Å². The predicted octanol–water partition coefficient (Wildman–Crippen LogP) is 1.63. The Labute approximate surface area is 104 Å². The quantitative estimate of drug-likeness (QED) is 0.809. The lowest BCUT2D eigenvalue weighted by atomic mass is 10.1. The molecule has 1 heterocycles. The fraction of sp³-hybridized carbons (Fsp3) is 0.571. The molecule has 0 saturated carbocycles. The number of methoxy groups -OCH3 is 1. The maximum atomic E-state index is 5.33. The Hall–Kier alpha value is -0.900. The number of nitrogens with one attached hydrogen (secondary N) is 1. The van der Waals surface area contributed by atoms with Crippen LogP contribution in [0, 0.1) is 0 Å². The number of hydrogen-bond donors (Lipinski definition) is 1. The molecule has 0 saturated heterocycles. The van der Waals surface area contributed by atoms with Crippen LogP contribution < -0.4 is 5.32 Å². The van der Waals surface area contributed by atoms with Crippen molar-refractivity contribution in [1.82, 2.24) is 10.2 Å². The van der Waals surface area contributed by atoms with Crippen LogP contribution in [0.3, 0.4) is 0 Å². The second-order valence-corrected chi connectivity index (χ2v) is 4.59.